The van der Waals surface area contributed by atoms with Gasteiger partial charge < -0.3 is 4.74 Å². The molecule has 0 amide bonds. The number of hydrogen-bond acceptors (Lipinski definition) is 5. The molecule has 4 nitrogen and oxygen atoms in total. The van der Waals surface area contributed by atoms with Crippen LogP contribution in [-0.4, -0.2) is 12.0 Å². The number of anilines is 1. The van der Waals surface area contributed by atoms with Gasteiger partial charge in [0.05, 0.1) is 10.2 Å². The molecule has 86 valence electrons. The average Bonchev–Trinajstić information content (AvgIpc) is 3.05. The maximum Gasteiger partial charge on any atom is 0.231 e. The van der Waals surface area contributed by atoms with E-state index in [2.05, 4.69) is 26.9 Å². The lowest BCUT2D eigenvalue weighted by Crippen LogP contribution is -2.30. The quantitative estimate of drug-likeness (QED) is 0.781. The first-order valence-corrected chi connectivity index (χ1v) is 7.00. The number of hydrazine groups is 1. The van der Waals surface area contributed by atoms with Gasteiger partial charge in [0.25, 0.3) is 0 Å². The molecule has 1 aromatic rings. The van der Waals surface area contributed by atoms with Crippen LogP contribution < -0.4 is 15.8 Å². The summed E-state index contributed by atoms with van der Waals surface area (Å²) in [5, 5.41) is 0. The van der Waals surface area contributed by atoms with Crippen molar-refractivity contribution < 1.29 is 9.57 Å². The zero-order chi connectivity index (χ0) is 11.2. The Morgan fingerprint density at radius 1 is 1.44 bits per heavy atom. The molecule has 3 rings (SSSR count). The molecule has 1 fully saturated rings. The van der Waals surface area contributed by atoms with Gasteiger partial charge in [-0.25, -0.2) is 4.84 Å². The normalized spacial score (nSPS) is 20.6. The minimum atomic E-state index is -0.471. The standard InChI is InChI=1S/C10H11BrN2O2S/c1-16-6-4-7(11)9-8(5-6)12-13-15-10(14-9)2-3-10/h4-5,12-13H,2-3H2,1H3. The van der Waals surface area contributed by atoms with Crippen LogP contribution in [0.1, 0.15) is 12.8 Å². The molecule has 2 aliphatic rings. The van der Waals surface area contributed by atoms with Crippen LogP contribution in [0.5, 0.6) is 5.75 Å². The summed E-state index contributed by atoms with van der Waals surface area (Å²) in [7, 11) is 0. The molecule has 0 radical (unpaired) electrons. The third-order valence-electron chi connectivity index (χ3n) is 2.62. The van der Waals surface area contributed by atoms with Crippen molar-refractivity contribution in [2.75, 3.05) is 11.7 Å². The Bertz CT molecular complexity index is 437. The fourth-order valence-corrected chi connectivity index (χ4v) is 2.73. The number of thioether (sulfide) groups is 1. The average molecular weight is 303 g/mol. The van der Waals surface area contributed by atoms with Gasteiger partial charge in [-0.05, 0) is 34.3 Å². The van der Waals surface area contributed by atoms with Gasteiger partial charge >= 0.3 is 0 Å². The van der Waals surface area contributed by atoms with Gasteiger partial charge in [0.1, 0.15) is 0 Å². The Balaban J connectivity index is 2.03. The van der Waals surface area contributed by atoms with Crippen LogP contribution in [0, 0.1) is 0 Å². The minimum absolute atomic E-state index is 0.471. The SMILES string of the molecule is CSc1cc(Br)c2c(c1)NNOC1(CC1)O2. The molecule has 16 heavy (non-hydrogen) atoms. The van der Waals surface area contributed by atoms with Crippen LogP contribution in [0.4, 0.5) is 5.69 Å². The van der Waals surface area contributed by atoms with E-state index in [1.165, 1.54) is 0 Å². The highest BCUT2D eigenvalue weighted by molar-refractivity contribution is 9.10. The van der Waals surface area contributed by atoms with Crippen LogP contribution in [-0.2, 0) is 4.84 Å². The van der Waals surface area contributed by atoms with E-state index < -0.39 is 5.79 Å². The van der Waals surface area contributed by atoms with Crippen molar-refractivity contribution in [1.82, 2.24) is 5.59 Å². The van der Waals surface area contributed by atoms with E-state index in [-0.39, 0.29) is 0 Å². The zero-order valence-electron chi connectivity index (χ0n) is 8.67. The van der Waals surface area contributed by atoms with Crippen molar-refractivity contribution in [1.29, 1.82) is 0 Å². The molecule has 1 aliphatic heterocycles. The smallest absolute Gasteiger partial charge is 0.231 e. The molecule has 1 aliphatic carbocycles. The molecule has 1 spiro atoms. The van der Waals surface area contributed by atoms with Crippen LogP contribution in [0.25, 0.3) is 0 Å². The monoisotopic (exact) mass is 302 g/mol. The van der Waals surface area contributed by atoms with E-state index in [1.54, 1.807) is 11.8 Å². The molecular weight excluding hydrogens is 292 g/mol. The lowest BCUT2D eigenvalue weighted by atomic mass is 10.3. The lowest BCUT2D eigenvalue weighted by molar-refractivity contribution is -0.140. The van der Waals surface area contributed by atoms with E-state index >= 15 is 0 Å². The molecular formula is C10H11BrN2O2S. The second-order valence-corrected chi connectivity index (χ2v) is 5.56. The van der Waals surface area contributed by atoms with E-state index in [1.807, 2.05) is 18.4 Å². The maximum atomic E-state index is 5.88. The first-order chi connectivity index (χ1) is 7.72. The van der Waals surface area contributed by atoms with E-state index in [0.717, 1.165) is 33.6 Å². The van der Waals surface area contributed by atoms with Gasteiger partial charge in [0, 0.05) is 17.7 Å². The highest BCUT2D eigenvalue weighted by atomic mass is 79.9. The Morgan fingerprint density at radius 3 is 2.94 bits per heavy atom. The third kappa shape index (κ3) is 1.79. The highest BCUT2D eigenvalue weighted by Crippen LogP contribution is 2.47. The number of fused-ring (bicyclic) bond motifs is 1. The van der Waals surface area contributed by atoms with Gasteiger partial charge in [0.15, 0.2) is 5.75 Å². The summed E-state index contributed by atoms with van der Waals surface area (Å²) >= 11 is 5.21. The van der Waals surface area contributed by atoms with Gasteiger partial charge in [-0.15, -0.1) is 17.4 Å². The van der Waals surface area contributed by atoms with Crippen LogP contribution in [0.3, 0.4) is 0 Å². The molecule has 0 bridgehead atoms. The van der Waals surface area contributed by atoms with Crippen LogP contribution in [0.15, 0.2) is 21.5 Å². The van der Waals surface area contributed by atoms with E-state index in [4.69, 9.17) is 9.57 Å². The molecule has 1 aromatic carbocycles. The topological polar surface area (TPSA) is 42.5 Å². The zero-order valence-corrected chi connectivity index (χ0v) is 11.1. The number of benzene rings is 1. The summed E-state index contributed by atoms with van der Waals surface area (Å²) in [6, 6.07) is 4.08. The third-order valence-corrected chi connectivity index (χ3v) is 3.92. The molecule has 1 saturated carbocycles. The summed E-state index contributed by atoms with van der Waals surface area (Å²) in [6.45, 7) is 0. The van der Waals surface area contributed by atoms with Crippen molar-refractivity contribution in [3.63, 3.8) is 0 Å². The maximum absolute atomic E-state index is 5.88. The van der Waals surface area contributed by atoms with Gasteiger partial charge in [-0.2, -0.15) is 0 Å². The van der Waals surface area contributed by atoms with Crippen molar-refractivity contribution in [3.8, 4) is 5.75 Å². The minimum Gasteiger partial charge on any atom is -0.457 e. The molecule has 0 unspecified atom stereocenters. The predicted octanol–water partition coefficient (Wildman–Crippen LogP) is 2.90. The fraction of sp³-hybridized carbons (Fsp3) is 0.400. The van der Waals surface area contributed by atoms with Crippen molar-refractivity contribution in [2.45, 2.75) is 23.5 Å². The van der Waals surface area contributed by atoms with Crippen LogP contribution >= 0.6 is 27.7 Å². The van der Waals surface area contributed by atoms with Crippen molar-refractivity contribution in [2.24, 2.45) is 0 Å². The van der Waals surface area contributed by atoms with E-state index in [9.17, 15) is 0 Å². The Kier molecular flexibility index (Phi) is 2.54. The Hall–Kier alpha value is -0.430. The van der Waals surface area contributed by atoms with Crippen molar-refractivity contribution in [3.05, 3.63) is 16.6 Å². The molecule has 0 aromatic heterocycles. The molecule has 1 heterocycles. The number of ether oxygens (including phenoxy) is 1. The Morgan fingerprint density at radius 2 is 2.25 bits per heavy atom. The predicted molar refractivity (Wildman–Crippen MR) is 66.4 cm³/mol. The number of hydrogen-bond donors (Lipinski definition) is 2. The van der Waals surface area contributed by atoms with E-state index in [0.29, 0.717) is 0 Å². The summed E-state index contributed by atoms with van der Waals surface area (Å²) in [5.41, 5.74) is 6.62. The van der Waals surface area contributed by atoms with Gasteiger partial charge in [-0.1, -0.05) is 0 Å². The summed E-state index contributed by atoms with van der Waals surface area (Å²) in [5.74, 6) is 0.335. The molecule has 0 saturated heterocycles. The van der Waals surface area contributed by atoms with Gasteiger partial charge in [-0.3, -0.25) is 5.43 Å². The fourth-order valence-electron chi connectivity index (χ4n) is 1.57. The van der Waals surface area contributed by atoms with Crippen molar-refractivity contribution >= 4 is 33.4 Å². The largest absolute Gasteiger partial charge is 0.457 e. The van der Waals surface area contributed by atoms with Crippen LogP contribution in [0.2, 0.25) is 0 Å². The summed E-state index contributed by atoms with van der Waals surface area (Å²) in [6.07, 6.45) is 3.87. The number of halogens is 1. The molecule has 0 atom stereocenters. The highest BCUT2D eigenvalue weighted by Gasteiger charge is 2.50. The first-order valence-electron chi connectivity index (χ1n) is 4.98. The molecule has 2 N–H and O–H groups in total. The Labute approximate surface area is 106 Å². The lowest BCUT2D eigenvalue weighted by Gasteiger charge is -2.15. The number of nitrogens with one attached hydrogen (secondary N) is 2. The second kappa shape index (κ2) is 3.80. The second-order valence-electron chi connectivity index (χ2n) is 3.83. The number of rotatable bonds is 1. The first kappa shape index (κ1) is 10.7. The summed E-state index contributed by atoms with van der Waals surface area (Å²) < 4.78 is 6.83. The summed E-state index contributed by atoms with van der Waals surface area (Å²) in [4.78, 5) is 6.56. The van der Waals surface area contributed by atoms with Gasteiger partial charge in [0.2, 0.25) is 5.79 Å². The molecule has 6 heteroatoms.